The number of ether oxygens (including phenoxy) is 3. The zero-order chi connectivity index (χ0) is 21.7. The average molecular weight is 442 g/mol. The van der Waals surface area contributed by atoms with E-state index in [-0.39, 0.29) is 18.1 Å². The fourth-order valence-corrected chi connectivity index (χ4v) is 4.11. The molecule has 0 N–H and O–H groups in total. The van der Waals surface area contributed by atoms with Gasteiger partial charge in [0.25, 0.3) is 0 Å². The molecule has 8 nitrogen and oxygen atoms in total. The Bertz CT molecular complexity index is 746. The standard InChI is InChI=1S/C21H31NO7S/c1-21(2,3)29-20(23)22-9-7-17(8-10-22)28-18-6-5-15(12-19(18)25-4)11-16-13-26-30(24)27-14-16/h5-6,12,16-17H,7-11,13-14H2,1-4H3/t16-,30-. The number of piperidine rings is 1. The summed E-state index contributed by atoms with van der Waals surface area (Å²) in [6.07, 6.45) is 1.94. The Morgan fingerprint density at radius 3 is 2.43 bits per heavy atom. The van der Waals surface area contributed by atoms with E-state index in [9.17, 15) is 9.00 Å². The monoisotopic (exact) mass is 441 g/mol. The minimum Gasteiger partial charge on any atom is -0.493 e. The molecule has 2 fully saturated rings. The lowest BCUT2D eigenvalue weighted by Crippen LogP contribution is -2.44. The van der Waals surface area contributed by atoms with Crippen LogP contribution in [0.1, 0.15) is 39.2 Å². The molecule has 168 valence electrons. The van der Waals surface area contributed by atoms with Crippen LogP contribution in [-0.2, 0) is 30.9 Å². The molecular weight excluding hydrogens is 410 g/mol. The third kappa shape index (κ3) is 6.58. The number of amides is 1. The highest BCUT2D eigenvalue weighted by Crippen LogP contribution is 2.32. The summed E-state index contributed by atoms with van der Waals surface area (Å²) < 4.78 is 38.4. The summed E-state index contributed by atoms with van der Waals surface area (Å²) in [6, 6.07) is 5.87. The summed E-state index contributed by atoms with van der Waals surface area (Å²) >= 11 is -1.62. The molecule has 3 rings (SSSR count). The van der Waals surface area contributed by atoms with Gasteiger partial charge in [0, 0.05) is 31.8 Å². The van der Waals surface area contributed by atoms with Crippen molar-refractivity contribution in [3.05, 3.63) is 23.8 Å². The number of nitrogens with zero attached hydrogens (tertiary/aromatic N) is 1. The summed E-state index contributed by atoms with van der Waals surface area (Å²) in [7, 11) is 1.62. The van der Waals surface area contributed by atoms with Crippen molar-refractivity contribution in [2.75, 3.05) is 33.4 Å². The predicted molar refractivity (Wildman–Crippen MR) is 112 cm³/mol. The van der Waals surface area contributed by atoms with Crippen molar-refractivity contribution < 1.29 is 31.6 Å². The van der Waals surface area contributed by atoms with Gasteiger partial charge < -0.3 is 19.1 Å². The van der Waals surface area contributed by atoms with Gasteiger partial charge in [-0.1, -0.05) is 6.07 Å². The van der Waals surface area contributed by atoms with Gasteiger partial charge in [-0.05, 0) is 44.9 Å². The van der Waals surface area contributed by atoms with Crippen LogP contribution < -0.4 is 9.47 Å². The molecule has 2 saturated heterocycles. The number of benzene rings is 1. The molecule has 1 amide bonds. The van der Waals surface area contributed by atoms with Crippen molar-refractivity contribution in [2.24, 2.45) is 5.92 Å². The molecule has 0 saturated carbocycles. The minimum atomic E-state index is -1.62. The van der Waals surface area contributed by atoms with Gasteiger partial charge in [0.05, 0.1) is 20.3 Å². The van der Waals surface area contributed by atoms with Gasteiger partial charge in [0.2, 0.25) is 0 Å². The van der Waals surface area contributed by atoms with Gasteiger partial charge in [-0.25, -0.2) is 4.79 Å². The Morgan fingerprint density at radius 1 is 1.17 bits per heavy atom. The quantitative estimate of drug-likeness (QED) is 0.693. The van der Waals surface area contributed by atoms with Crippen molar-refractivity contribution in [1.29, 1.82) is 0 Å². The van der Waals surface area contributed by atoms with E-state index in [4.69, 9.17) is 22.6 Å². The van der Waals surface area contributed by atoms with E-state index in [2.05, 4.69) is 0 Å². The maximum atomic E-state index is 12.2. The Hall–Kier alpha value is -1.84. The first kappa shape index (κ1) is 22.8. The molecule has 0 bridgehead atoms. The Balaban J connectivity index is 1.53. The van der Waals surface area contributed by atoms with Crippen LogP contribution in [-0.4, -0.2) is 60.3 Å². The highest BCUT2D eigenvalue weighted by Gasteiger charge is 2.28. The summed E-state index contributed by atoms with van der Waals surface area (Å²) in [5.41, 5.74) is 0.579. The fraction of sp³-hybridized carbons (Fsp3) is 0.667. The van der Waals surface area contributed by atoms with Gasteiger partial charge in [-0.3, -0.25) is 8.37 Å². The van der Waals surface area contributed by atoms with Crippen LogP contribution >= 0.6 is 0 Å². The number of carbonyl (C=O) groups excluding carboxylic acids is 1. The van der Waals surface area contributed by atoms with Crippen LogP contribution in [0.2, 0.25) is 0 Å². The topological polar surface area (TPSA) is 83.5 Å². The molecule has 0 spiro atoms. The van der Waals surface area contributed by atoms with Crippen molar-refractivity contribution in [2.45, 2.75) is 51.7 Å². The molecule has 9 heteroatoms. The number of hydrogen-bond donors (Lipinski definition) is 0. The zero-order valence-electron chi connectivity index (χ0n) is 18.0. The van der Waals surface area contributed by atoms with Crippen LogP contribution in [0.15, 0.2) is 18.2 Å². The summed E-state index contributed by atoms with van der Waals surface area (Å²) in [6.45, 7) is 7.61. The molecule has 1 aromatic carbocycles. The van der Waals surface area contributed by atoms with E-state index in [1.165, 1.54) is 0 Å². The van der Waals surface area contributed by atoms with Crippen LogP contribution in [0.3, 0.4) is 0 Å². The molecule has 0 aromatic heterocycles. The summed E-state index contributed by atoms with van der Waals surface area (Å²) in [5.74, 6) is 1.51. The molecule has 2 heterocycles. The molecule has 0 radical (unpaired) electrons. The van der Waals surface area contributed by atoms with E-state index in [0.717, 1.165) is 24.8 Å². The number of hydrogen-bond acceptors (Lipinski definition) is 7. The van der Waals surface area contributed by atoms with Crippen LogP contribution in [0.25, 0.3) is 0 Å². The number of carbonyl (C=O) groups is 1. The molecule has 2 aliphatic heterocycles. The zero-order valence-corrected chi connectivity index (χ0v) is 18.9. The van der Waals surface area contributed by atoms with Gasteiger partial charge in [-0.2, -0.15) is 4.21 Å². The smallest absolute Gasteiger partial charge is 0.410 e. The third-order valence-corrected chi connectivity index (χ3v) is 5.60. The van der Waals surface area contributed by atoms with Crippen molar-refractivity contribution in [1.82, 2.24) is 4.90 Å². The lowest BCUT2D eigenvalue weighted by Gasteiger charge is -2.33. The van der Waals surface area contributed by atoms with Gasteiger partial charge >= 0.3 is 17.5 Å². The first-order valence-corrected chi connectivity index (χ1v) is 11.2. The van der Waals surface area contributed by atoms with Crippen molar-refractivity contribution in [3.8, 4) is 11.5 Å². The Labute approximate surface area is 180 Å². The fourth-order valence-electron chi connectivity index (χ4n) is 3.44. The third-order valence-electron chi connectivity index (χ3n) is 4.94. The van der Waals surface area contributed by atoms with Crippen molar-refractivity contribution >= 4 is 17.5 Å². The second kappa shape index (κ2) is 9.98. The average Bonchev–Trinajstić information content (AvgIpc) is 2.70. The summed E-state index contributed by atoms with van der Waals surface area (Å²) in [5, 5.41) is 0. The second-order valence-corrected chi connectivity index (χ2v) is 9.49. The molecular formula is C21H31NO7S. The lowest BCUT2D eigenvalue weighted by atomic mass is 10.0. The number of methoxy groups -OCH3 is 1. The Kier molecular flexibility index (Phi) is 7.60. The SMILES string of the molecule is COc1cc(C[C@H]2CO[S@](=O)OC2)ccc1OC1CCN(C(=O)OC(C)(C)C)CC1. The van der Waals surface area contributed by atoms with Crippen LogP contribution in [0.5, 0.6) is 11.5 Å². The highest BCUT2D eigenvalue weighted by molar-refractivity contribution is 7.75. The van der Waals surface area contributed by atoms with Crippen molar-refractivity contribution in [3.63, 3.8) is 0 Å². The van der Waals surface area contributed by atoms with Gasteiger partial charge in [-0.15, -0.1) is 0 Å². The van der Waals surface area contributed by atoms with E-state index < -0.39 is 17.0 Å². The van der Waals surface area contributed by atoms with Crippen LogP contribution in [0.4, 0.5) is 4.79 Å². The first-order valence-electron chi connectivity index (χ1n) is 10.2. The highest BCUT2D eigenvalue weighted by atomic mass is 32.2. The lowest BCUT2D eigenvalue weighted by molar-refractivity contribution is 0.0124. The van der Waals surface area contributed by atoms with Gasteiger partial charge in [0.1, 0.15) is 11.7 Å². The maximum absolute atomic E-state index is 12.2. The maximum Gasteiger partial charge on any atom is 0.410 e. The number of likely N-dealkylation sites (tertiary alicyclic amines) is 1. The van der Waals surface area contributed by atoms with E-state index in [1.807, 2.05) is 39.0 Å². The first-order chi connectivity index (χ1) is 14.2. The van der Waals surface area contributed by atoms with E-state index in [0.29, 0.717) is 37.8 Å². The molecule has 2 aliphatic rings. The summed E-state index contributed by atoms with van der Waals surface area (Å²) in [4.78, 5) is 13.9. The Morgan fingerprint density at radius 2 is 1.83 bits per heavy atom. The largest absolute Gasteiger partial charge is 0.493 e. The molecule has 0 unspecified atom stereocenters. The molecule has 0 aliphatic carbocycles. The normalized spacial score (nSPS) is 23.1. The predicted octanol–water partition coefficient (Wildman–Crippen LogP) is 3.26. The second-order valence-electron chi connectivity index (χ2n) is 8.61. The molecule has 30 heavy (non-hydrogen) atoms. The van der Waals surface area contributed by atoms with E-state index in [1.54, 1.807) is 12.0 Å². The van der Waals surface area contributed by atoms with E-state index >= 15 is 0 Å². The molecule has 0 atom stereocenters. The minimum absolute atomic E-state index is 0.0126. The molecule has 1 aromatic rings. The number of rotatable bonds is 5. The van der Waals surface area contributed by atoms with Gasteiger partial charge in [0.15, 0.2) is 11.5 Å². The van der Waals surface area contributed by atoms with Crippen LogP contribution in [0, 0.1) is 5.92 Å².